The van der Waals surface area contributed by atoms with Gasteiger partial charge < -0.3 is 10.6 Å². The number of nitrogens with zero attached hydrogens (tertiary/aromatic N) is 2. The summed E-state index contributed by atoms with van der Waals surface area (Å²) < 4.78 is 0. The quantitative estimate of drug-likeness (QED) is 0.820. The van der Waals surface area contributed by atoms with Gasteiger partial charge in [0.15, 0.2) is 5.13 Å². The maximum Gasteiger partial charge on any atom is 0.185 e. The number of nitrogens with two attached hydrogens (primary N) is 1. The molecule has 0 bridgehead atoms. The van der Waals surface area contributed by atoms with Crippen LogP contribution >= 0.6 is 23.7 Å². The van der Waals surface area contributed by atoms with Gasteiger partial charge in [0.25, 0.3) is 0 Å². The Hall–Kier alpha value is -0.320. The highest BCUT2D eigenvalue weighted by Crippen LogP contribution is 2.26. The lowest BCUT2D eigenvalue weighted by Crippen LogP contribution is -2.35. The summed E-state index contributed by atoms with van der Waals surface area (Å²) in [4.78, 5) is 6.61. The van der Waals surface area contributed by atoms with E-state index < -0.39 is 0 Å². The second kappa shape index (κ2) is 4.79. The van der Waals surface area contributed by atoms with E-state index in [9.17, 15) is 0 Å². The molecular formula is C8H14ClN3S. The van der Waals surface area contributed by atoms with Crippen LogP contribution in [0.25, 0.3) is 0 Å². The van der Waals surface area contributed by atoms with Crippen LogP contribution in [0.3, 0.4) is 0 Å². The van der Waals surface area contributed by atoms with E-state index in [1.165, 1.54) is 12.8 Å². The van der Waals surface area contributed by atoms with Gasteiger partial charge in [-0.25, -0.2) is 4.98 Å². The largest absolute Gasteiger partial charge is 0.344 e. The molecule has 0 saturated carbocycles. The fourth-order valence-corrected chi connectivity index (χ4v) is 2.43. The van der Waals surface area contributed by atoms with Crippen molar-refractivity contribution in [3.63, 3.8) is 0 Å². The highest BCUT2D eigenvalue weighted by molar-refractivity contribution is 7.13. The van der Waals surface area contributed by atoms with Gasteiger partial charge in [-0.05, 0) is 12.8 Å². The van der Waals surface area contributed by atoms with Crippen LogP contribution in [0, 0.1) is 0 Å². The van der Waals surface area contributed by atoms with E-state index in [2.05, 4.69) is 9.88 Å². The third-order valence-electron chi connectivity index (χ3n) is 2.31. The molecule has 1 aliphatic rings. The van der Waals surface area contributed by atoms with Crippen LogP contribution in [-0.4, -0.2) is 24.1 Å². The molecule has 2 rings (SSSR count). The number of halogens is 1. The molecule has 3 nitrogen and oxygen atoms in total. The summed E-state index contributed by atoms with van der Waals surface area (Å²) >= 11 is 1.70. The van der Waals surface area contributed by atoms with Crippen LogP contribution in [0.2, 0.25) is 0 Å². The number of aromatic nitrogens is 1. The molecule has 0 radical (unpaired) electrons. The summed E-state index contributed by atoms with van der Waals surface area (Å²) in [6.45, 7) is 1.87. The third kappa shape index (κ3) is 2.13. The Labute approximate surface area is 88.4 Å². The van der Waals surface area contributed by atoms with Gasteiger partial charge in [0.2, 0.25) is 0 Å². The van der Waals surface area contributed by atoms with Crippen molar-refractivity contribution >= 4 is 28.9 Å². The van der Waals surface area contributed by atoms with Crippen molar-refractivity contribution in [2.45, 2.75) is 18.9 Å². The molecule has 0 aromatic carbocycles. The van der Waals surface area contributed by atoms with Crippen molar-refractivity contribution in [3.05, 3.63) is 11.6 Å². The van der Waals surface area contributed by atoms with Crippen molar-refractivity contribution in [1.82, 2.24) is 4.98 Å². The summed E-state index contributed by atoms with van der Waals surface area (Å²) in [7, 11) is 0. The van der Waals surface area contributed by atoms with Crippen molar-refractivity contribution in [3.8, 4) is 0 Å². The molecule has 1 aromatic heterocycles. The first-order valence-electron chi connectivity index (χ1n) is 4.28. The van der Waals surface area contributed by atoms with Crippen LogP contribution in [0.4, 0.5) is 5.13 Å². The van der Waals surface area contributed by atoms with Gasteiger partial charge in [0, 0.05) is 30.7 Å². The topological polar surface area (TPSA) is 42.1 Å². The Morgan fingerprint density at radius 1 is 1.69 bits per heavy atom. The number of rotatable bonds is 2. The Morgan fingerprint density at radius 2 is 2.54 bits per heavy atom. The fraction of sp³-hybridized carbons (Fsp3) is 0.625. The Morgan fingerprint density at radius 3 is 3.15 bits per heavy atom. The monoisotopic (exact) mass is 219 g/mol. The molecule has 0 spiro atoms. The first kappa shape index (κ1) is 10.8. The zero-order valence-electron chi connectivity index (χ0n) is 7.35. The second-order valence-corrected chi connectivity index (χ2v) is 3.91. The molecule has 1 aliphatic heterocycles. The first-order chi connectivity index (χ1) is 5.92. The second-order valence-electron chi connectivity index (χ2n) is 3.04. The molecule has 1 saturated heterocycles. The van der Waals surface area contributed by atoms with Crippen molar-refractivity contribution < 1.29 is 0 Å². The Balaban J connectivity index is 0.000000845. The summed E-state index contributed by atoms with van der Waals surface area (Å²) in [5.41, 5.74) is 5.67. The molecule has 74 valence electrons. The zero-order valence-corrected chi connectivity index (χ0v) is 8.98. The fourth-order valence-electron chi connectivity index (χ4n) is 1.69. The van der Waals surface area contributed by atoms with Crippen LogP contribution in [0.1, 0.15) is 12.8 Å². The third-order valence-corrected chi connectivity index (χ3v) is 3.12. The molecule has 1 fully saturated rings. The number of hydrogen-bond acceptors (Lipinski definition) is 4. The van der Waals surface area contributed by atoms with E-state index in [1.807, 2.05) is 11.6 Å². The van der Waals surface area contributed by atoms with Crippen molar-refractivity contribution in [2.24, 2.45) is 5.73 Å². The lowest BCUT2D eigenvalue weighted by Gasteiger charge is -2.22. The Bertz CT molecular complexity index is 240. The number of thiazole rings is 1. The minimum absolute atomic E-state index is 0. The highest BCUT2D eigenvalue weighted by atomic mass is 35.5. The van der Waals surface area contributed by atoms with Gasteiger partial charge >= 0.3 is 0 Å². The predicted molar refractivity (Wildman–Crippen MR) is 58.8 cm³/mol. The lowest BCUT2D eigenvalue weighted by atomic mass is 10.2. The predicted octanol–water partition coefficient (Wildman–Crippen LogP) is 1.49. The van der Waals surface area contributed by atoms with E-state index in [0.29, 0.717) is 6.04 Å². The van der Waals surface area contributed by atoms with E-state index in [-0.39, 0.29) is 12.4 Å². The lowest BCUT2D eigenvalue weighted by molar-refractivity contribution is 0.676. The zero-order chi connectivity index (χ0) is 8.39. The van der Waals surface area contributed by atoms with Crippen molar-refractivity contribution in [1.29, 1.82) is 0 Å². The van der Waals surface area contributed by atoms with Crippen molar-refractivity contribution in [2.75, 3.05) is 18.0 Å². The summed E-state index contributed by atoms with van der Waals surface area (Å²) in [6.07, 6.45) is 4.32. The SMILES string of the molecule is Cl.NCC1CCCN1c1nccs1. The van der Waals surface area contributed by atoms with Crippen LogP contribution < -0.4 is 10.6 Å². The molecular weight excluding hydrogens is 206 g/mol. The average Bonchev–Trinajstić information content (AvgIpc) is 2.74. The Kier molecular flexibility index (Phi) is 3.96. The van der Waals surface area contributed by atoms with Gasteiger partial charge in [-0.2, -0.15) is 0 Å². The maximum absolute atomic E-state index is 5.67. The summed E-state index contributed by atoms with van der Waals surface area (Å²) in [5.74, 6) is 0. The summed E-state index contributed by atoms with van der Waals surface area (Å²) in [5, 5.41) is 3.14. The van der Waals surface area contributed by atoms with Gasteiger partial charge in [0.05, 0.1) is 0 Å². The molecule has 13 heavy (non-hydrogen) atoms. The molecule has 0 aliphatic carbocycles. The van der Waals surface area contributed by atoms with Crippen LogP contribution in [-0.2, 0) is 0 Å². The molecule has 2 N–H and O–H groups in total. The number of anilines is 1. The molecule has 0 amide bonds. The molecule has 5 heteroatoms. The van der Waals surface area contributed by atoms with Gasteiger partial charge in [0.1, 0.15) is 0 Å². The highest BCUT2D eigenvalue weighted by Gasteiger charge is 2.24. The van der Waals surface area contributed by atoms with E-state index in [0.717, 1.165) is 18.2 Å². The smallest absolute Gasteiger partial charge is 0.185 e. The molecule has 1 aromatic rings. The van der Waals surface area contributed by atoms with Crippen LogP contribution in [0.15, 0.2) is 11.6 Å². The molecule has 1 atom stereocenters. The van der Waals surface area contributed by atoms with Gasteiger partial charge in [-0.3, -0.25) is 0 Å². The standard InChI is InChI=1S/C8H13N3S.ClH/c9-6-7-2-1-4-11(7)8-10-3-5-12-8;/h3,5,7H,1-2,4,6,9H2;1H. The van der Waals surface area contributed by atoms with Crippen LogP contribution in [0.5, 0.6) is 0 Å². The van der Waals surface area contributed by atoms with E-state index in [1.54, 1.807) is 11.3 Å². The first-order valence-corrected chi connectivity index (χ1v) is 5.16. The normalized spacial score (nSPS) is 21.6. The summed E-state index contributed by atoms with van der Waals surface area (Å²) in [6, 6.07) is 0.524. The minimum atomic E-state index is 0. The van der Waals surface area contributed by atoms with E-state index in [4.69, 9.17) is 5.73 Å². The van der Waals surface area contributed by atoms with Gasteiger partial charge in [-0.15, -0.1) is 23.7 Å². The maximum atomic E-state index is 5.67. The van der Waals surface area contributed by atoms with E-state index >= 15 is 0 Å². The number of hydrogen-bond donors (Lipinski definition) is 1. The molecule has 1 unspecified atom stereocenters. The minimum Gasteiger partial charge on any atom is -0.344 e. The van der Waals surface area contributed by atoms with Gasteiger partial charge in [-0.1, -0.05) is 0 Å². The average molecular weight is 220 g/mol. The molecule has 2 heterocycles.